The van der Waals surface area contributed by atoms with E-state index in [1.165, 1.54) is 24.8 Å². The molecule has 2 rings (SSSR count). The van der Waals surface area contributed by atoms with E-state index in [2.05, 4.69) is 36.8 Å². The van der Waals surface area contributed by atoms with Crippen LogP contribution in [0.3, 0.4) is 0 Å². The van der Waals surface area contributed by atoms with Gasteiger partial charge in [-0.1, -0.05) is 30.3 Å². The Morgan fingerprint density at radius 1 is 1.27 bits per heavy atom. The van der Waals surface area contributed by atoms with Gasteiger partial charge in [0.2, 0.25) is 0 Å². The molecule has 1 atom stereocenters. The zero-order valence-corrected chi connectivity index (χ0v) is 6.59. The third kappa shape index (κ3) is 1.62. The molecule has 2 radical (unpaired) electrons. The molecule has 1 unspecified atom stereocenters. The highest BCUT2D eigenvalue weighted by atomic mass is 14.2. The fourth-order valence-electron chi connectivity index (χ4n) is 1.42. The smallest absolute Gasteiger partial charge is 0.0136 e. The van der Waals surface area contributed by atoms with E-state index in [1.54, 1.807) is 0 Å². The molecule has 0 spiro atoms. The van der Waals surface area contributed by atoms with Crippen molar-refractivity contribution in [3.05, 3.63) is 42.3 Å². The van der Waals surface area contributed by atoms with Crippen LogP contribution in [0.1, 0.15) is 18.4 Å². The topological polar surface area (TPSA) is 0 Å². The monoisotopic (exact) mass is 144 g/mol. The minimum absolute atomic E-state index is 0.748. The fourth-order valence-corrected chi connectivity index (χ4v) is 1.42. The van der Waals surface area contributed by atoms with Crippen molar-refractivity contribution in [1.29, 1.82) is 0 Å². The van der Waals surface area contributed by atoms with Gasteiger partial charge in [-0.05, 0) is 37.2 Å². The van der Waals surface area contributed by atoms with Gasteiger partial charge in [-0.2, -0.15) is 0 Å². The van der Waals surface area contributed by atoms with Crippen LogP contribution in [0.5, 0.6) is 0 Å². The molecule has 1 fully saturated rings. The number of hydrogen-bond acceptors (Lipinski definition) is 0. The Bertz CT molecular complexity index is 209. The van der Waals surface area contributed by atoms with Crippen LogP contribution >= 0.6 is 0 Å². The van der Waals surface area contributed by atoms with Crippen LogP contribution in [0.15, 0.2) is 30.3 Å². The van der Waals surface area contributed by atoms with Gasteiger partial charge < -0.3 is 0 Å². The van der Waals surface area contributed by atoms with E-state index in [0.29, 0.717) is 0 Å². The van der Waals surface area contributed by atoms with Gasteiger partial charge in [-0.15, -0.1) is 0 Å². The Morgan fingerprint density at radius 3 is 2.55 bits per heavy atom. The average Bonchev–Trinajstić information content (AvgIpc) is 1.99. The Labute approximate surface area is 68.3 Å². The van der Waals surface area contributed by atoms with Gasteiger partial charge >= 0.3 is 0 Å². The Kier molecular flexibility index (Phi) is 1.93. The summed E-state index contributed by atoms with van der Waals surface area (Å²) < 4.78 is 0. The summed E-state index contributed by atoms with van der Waals surface area (Å²) in [5.74, 6) is 0.748. The van der Waals surface area contributed by atoms with Crippen molar-refractivity contribution < 1.29 is 0 Å². The fraction of sp³-hybridized carbons (Fsp3) is 0.364. The zero-order valence-electron chi connectivity index (χ0n) is 6.59. The second-order valence-corrected chi connectivity index (χ2v) is 3.13. The minimum atomic E-state index is 0.748. The summed E-state index contributed by atoms with van der Waals surface area (Å²) in [6.45, 7) is 0. The van der Waals surface area contributed by atoms with E-state index in [0.717, 1.165) is 5.92 Å². The van der Waals surface area contributed by atoms with Gasteiger partial charge in [-0.3, -0.25) is 0 Å². The molecule has 56 valence electrons. The molecule has 1 aromatic carbocycles. The average molecular weight is 144 g/mol. The van der Waals surface area contributed by atoms with E-state index in [9.17, 15) is 0 Å². The number of rotatable bonds is 2. The van der Waals surface area contributed by atoms with Crippen molar-refractivity contribution in [2.24, 2.45) is 5.92 Å². The summed E-state index contributed by atoms with van der Waals surface area (Å²) in [7, 11) is 0. The first-order chi connectivity index (χ1) is 5.45. The minimum Gasteiger partial charge on any atom is -0.0622 e. The quantitative estimate of drug-likeness (QED) is 0.598. The highest BCUT2D eigenvalue weighted by Crippen LogP contribution is 2.28. The molecular formula is C11H12. The normalized spacial score (nSPS) is 17.8. The van der Waals surface area contributed by atoms with Crippen molar-refractivity contribution in [3.8, 4) is 0 Å². The number of benzene rings is 1. The third-order valence-corrected chi connectivity index (χ3v) is 2.25. The van der Waals surface area contributed by atoms with Crippen LogP contribution in [0.2, 0.25) is 0 Å². The van der Waals surface area contributed by atoms with E-state index in [-0.39, 0.29) is 0 Å². The SMILES string of the molecule is [C]1CCC1Cc1ccccc1. The second kappa shape index (κ2) is 3.08. The molecule has 0 N–H and O–H groups in total. The van der Waals surface area contributed by atoms with Crippen molar-refractivity contribution in [1.82, 2.24) is 0 Å². The van der Waals surface area contributed by atoms with Gasteiger partial charge in [0.25, 0.3) is 0 Å². The molecule has 0 bridgehead atoms. The molecule has 0 heteroatoms. The van der Waals surface area contributed by atoms with E-state index < -0.39 is 0 Å². The van der Waals surface area contributed by atoms with Crippen LogP contribution in [0, 0.1) is 12.3 Å². The summed E-state index contributed by atoms with van der Waals surface area (Å²) in [5, 5.41) is 0. The first kappa shape index (κ1) is 6.90. The predicted octanol–water partition coefficient (Wildman–Crippen LogP) is 2.72. The highest BCUT2D eigenvalue weighted by Gasteiger charge is 2.17. The van der Waals surface area contributed by atoms with Crippen molar-refractivity contribution in [2.75, 3.05) is 0 Å². The van der Waals surface area contributed by atoms with Crippen molar-refractivity contribution in [3.63, 3.8) is 0 Å². The Balaban J connectivity index is 1.95. The predicted molar refractivity (Wildman–Crippen MR) is 46.1 cm³/mol. The lowest BCUT2D eigenvalue weighted by Crippen LogP contribution is -2.14. The molecule has 0 saturated heterocycles. The lowest BCUT2D eigenvalue weighted by Gasteiger charge is -2.24. The van der Waals surface area contributed by atoms with Gasteiger partial charge in [0.1, 0.15) is 0 Å². The highest BCUT2D eigenvalue weighted by molar-refractivity contribution is 5.16. The Morgan fingerprint density at radius 2 is 2.00 bits per heavy atom. The molecule has 0 amide bonds. The van der Waals surface area contributed by atoms with E-state index in [1.807, 2.05) is 0 Å². The first-order valence-electron chi connectivity index (χ1n) is 4.22. The summed E-state index contributed by atoms with van der Waals surface area (Å²) in [5.41, 5.74) is 1.45. The van der Waals surface area contributed by atoms with Crippen LogP contribution < -0.4 is 0 Å². The van der Waals surface area contributed by atoms with Crippen molar-refractivity contribution >= 4 is 0 Å². The summed E-state index contributed by atoms with van der Waals surface area (Å²) in [4.78, 5) is 0. The van der Waals surface area contributed by atoms with Gasteiger partial charge in [-0.25, -0.2) is 0 Å². The maximum absolute atomic E-state index is 3.39. The van der Waals surface area contributed by atoms with Gasteiger partial charge in [0, 0.05) is 0 Å². The van der Waals surface area contributed by atoms with Gasteiger partial charge in [0.05, 0.1) is 0 Å². The summed E-state index contributed by atoms with van der Waals surface area (Å²) >= 11 is 0. The summed E-state index contributed by atoms with van der Waals surface area (Å²) in [6.07, 6.45) is 7.14. The maximum atomic E-state index is 3.39. The molecule has 1 aliphatic carbocycles. The maximum Gasteiger partial charge on any atom is -0.0136 e. The molecular weight excluding hydrogens is 132 g/mol. The molecule has 1 aromatic rings. The van der Waals surface area contributed by atoms with Crippen LogP contribution in [0.4, 0.5) is 0 Å². The standard InChI is InChI=1S/C11H12/c1-2-5-10(6-3-1)9-11-7-4-8-11/h1-3,5-6,11H,4,7,9H2. The van der Waals surface area contributed by atoms with Crippen molar-refractivity contribution in [2.45, 2.75) is 19.3 Å². The van der Waals surface area contributed by atoms with E-state index in [4.69, 9.17) is 0 Å². The molecule has 0 aliphatic heterocycles. The molecule has 0 nitrogen and oxygen atoms in total. The lowest BCUT2D eigenvalue weighted by molar-refractivity contribution is 0.430. The lowest BCUT2D eigenvalue weighted by atomic mass is 9.81. The third-order valence-electron chi connectivity index (χ3n) is 2.25. The molecule has 0 heterocycles. The van der Waals surface area contributed by atoms with Gasteiger partial charge in [0.15, 0.2) is 0 Å². The molecule has 11 heavy (non-hydrogen) atoms. The van der Waals surface area contributed by atoms with Crippen LogP contribution in [0.25, 0.3) is 0 Å². The first-order valence-corrected chi connectivity index (χ1v) is 4.22. The second-order valence-electron chi connectivity index (χ2n) is 3.13. The summed E-state index contributed by atoms with van der Waals surface area (Å²) in [6, 6.07) is 10.7. The molecule has 0 aromatic heterocycles. The molecule has 1 aliphatic rings. The largest absolute Gasteiger partial charge is 0.0622 e. The zero-order chi connectivity index (χ0) is 7.52. The van der Waals surface area contributed by atoms with Crippen LogP contribution in [-0.4, -0.2) is 0 Å². The molecule has 1 saturated carbocycles. The van der Waals surface area contributed by atoms with E-state index >= 15 is 0 Å². The van der Waals surface area contributed by atoms with Crippen LogP contribution in [-0.2, 0) is 6.42 Å². The Hall–Kier alpha value is -0.780. The number of hydrogen-bond donors (Lipinski definition) is 0.